The number of nitrogens with zero attached hydrogens (tertiary/aromatic N) is 5. The van der Waals surface area contributed by atoms with Gasteiger partial charge < -0.3 is 5.73 Å². The lowest BCUT2D eigenvalue weighted by Crippen LogP contribution is -1.99. The fourth-order valence-electron chi connectivity index (χ4n) is 4.00. The number of nitrogens with two attached hydrogens (primary N) is 1. The van der Waals surface area contributed by atoms with E-state index in [1.807, 2.05) is 48.5 Å². The number of fused-ring (bicyclic) bond motifs is 6. The summed E-state index contributed by atoms with van der Waals surface area (Å²) in [6.45, 7) is 0. The van der Waals surface area contributed by atoms with E-state index in [9.17, 15) is 0 Å². The fourth-order valence-corrected chi connectivity index (χ4v) is 4.00. The summed E-state index contributed by atoms with van der Waals surface area (Å²) in [6, 6.07) is 19.8. The number of nitrogen functional groups attached to an aromatic ring is 1. The Morgan fingerprint density at radius 2 is 1.33 bits per heavy atom. The van der Waals surface area contributed by atoms with Gasteiger partial charge in [-0.1, -0.05) is 0 Å². The number of anilines is 1. The van der Waals surface area contributed by atoms with Gasteiger partial charge in [0.2, 0.25) is 0 Å². The van der Waals surface area contributed by atoms with Gasteiger partial charge in [0, 0.05) is 46.8 Å². The molecule has 0 spiro atoms. The zero-order chi connectivity index (χ0) is 20.1. The average molecular weight is 388 g/mol. The lowest BCUT2D eigenvalue weighted by molar-refractivity contribution is 1.09. The standard InChI is InChI=1S/C24H16N6/c25-16-7-5-15(6-8-16)24-29-22-18-3-1-11-27-20(18)21-19(4-2-12-28-21)23(22)30(24)17-9-13-26-14-10-17/h1-14H,25H2. The predicted molar refractivity (Wildman–Crippen MR) is 119 cm³/mol. The van der Waals surface area contributed by atoms with E-state index in [0.29, 0.717) is 0 Å². The van der Waals surface area contributed by atoms with Gasteiger partial charge in [-0.05, 0) is 60.7 Å². The molecule has 0 saturated heterocycles. The van der Waals surface area contributed by atoms with E-state index in [4.69, 9.17) is 10.7 Å². The fraction of sp³-hybridized carbons (Fsp3) is 0. The number of aromatic nitrogens is 5. The molecule has 0 fully saturated rings. The van der Waals surface area contributed by atoms with Gasteiger partial charge in [0.25, 0.3) is 0 Å². The number of imidazole rings is 1. The lowest BCUT2D eigenvalue weighted by Gasteiger charge is -2.11. The van der Waals surface area contributed by atoms with Crippen LogP contribution in [0.15, 0.2) is 85.5 Å². The Balaban J connectivity index is 1.87. The quantitative estimate of drug-likeness (QED) is 0.341. The molecule has 6 rings (SSSR count). The largest absolute Gasteiger partial charge is 0.399 e. The van der Waals surface area contributed by atoms with Crippen LogP contribution in [-0.4, -0.2) is 24.5 Å². The SMILES string of the molecule is Nc1ccc(-c2nc3c4cccnc4c4ncccc4c3n2-c2ccncc2)cc1. The molecule has 142 valence electrons. The molecule has 0 radical (unpaired) electrons. The first kappa shape index (κ1) is 16.6. The van der Waals surface area contributed by atoms with Crippen LogP contribution in [0.3, 0.4) is 0 Å². The number of hydrogen-bond acceptors (Lipinski definition) is 5. The normalized spacial score (nSPS) is 11.5. The molecular weight excluding hydrogens is 372 g/mol. The minimum atomic E-state index is 0.717. The maximum atomic E-state index is 5.93. The van der Waals surface area contributed by atoms with Crippen molar-refractivity contribution in [3.05, 3.63) is 85.5 Å². The van der Waals surface area contributed by atoms with Crippen LogP contribution in [0.5, 0.6) is 0 Å². The Morgan fingerprint density at radius 3 is 2.07 bits per heavy atom. The van der Waals surface area contributed by atoms with Crippen molar-refractivity contribution in [3.8, 4) is 17.1 Å². The van der Waals surface area contributed by atoms with Crippen LogP contribution in [0.1, 0.15) is 0 Å². The predicted octanol–water partition coefficient (Wildman–Crippen LogP) is 4.77. The van der Waals surface area contributed by atoms with E-state index in [1.165, 1.54) is 0 Å². The smallest absolute Gasteiger partial charge is 0.145 e. The number of rotatable bonds is 2. The maximum Gasteiger partial charge on any atom is 0.145 e. The Hall–Kier alpha value is -4.32. The van der Waals surface area contributed by atoms with Crippen molar-refractivity contribution in [2.24, 2.45) is 0 Å². The van der Waals surface area contributed by atoms with Crippen LogP contribution in [-0.2, 0) is 0 Å². The molecule has 0 bridgehead atoms. The summed E-state index contributed by atoms with van der Waals surface area (Å²) in [5, 5.41) is 1.98. The van der Waals surface area contributed by atoms with Gasteiger partial charge in [0.05, 0.1) is 27.8 Å². The van der Waals surface area contributed by atoms with Crippen LogP contribution >= 0.6 is 0 Å². The van der Waals surface area contributed by atoms with Crippen molar-refractivity contribution in [1.82, 2.24) is 24.5 Å². The molecule has 2 aromatic carbocycles. The van der Waals surface area contributed by atoms with Crippen molar-refractivity contribution in [1.29, 1.82) is 0 Å². The molecule has 6 aromatic rings. The zero-order valence-corrected chi connectivity index (χ0v) is 15.9. The second-order valence-corrected chi connectivity index (χ2v) is 7.09. The number of hydrogen-bond donors (Lipinski definition) is 1. The minimum absolute atomic E-state index is 0.717. The van der Waals surface area contributed by atoms with Crippen molar-refractivity contribution in [2.75, 3.05) is 5.73 Å². The highest BCUT2D eigenvalue weighted by atomic mass is 15.1. The van der Waals surface area contributed by atoms with Crippen molar-refractivity contribution < 1.29 is 0 Å². The molecule has 4 aromatic heterocycles. The monoisotopic (exact) mass is 388 g/mol. The molecule has 2 N–H and O–H groups in total. The Labute approximate surface area is 171 Å². The minimum Gasteiger partial charge on any atom is -0.399 e. The molecule has 0 amide bonds. The molecule has 0 aliphatic rings. The summed E-state index contributed by atoms with van der Waals surface area (Å²) in [5.74, 6) is 0.831. The third kappa shape index (κ3) is 2.37. The molecule has 0 saturated carbocycles. The van der Waals surface area contributed by atoms with Crippen molar-refractivity contribution >= 4 is 38.5 Å². The van der Waals surface area contributed by atoms with Crippen LogP contribution in [0, 0.1) is 0 Å². The summed E-state index contributed by atoms with van der Waals surface area (Å²) in [6.07, 6.45) is 7.17. The van der Waals surface area contributed by atoms with E-state index in [1.54, 1.807) is 24.8 Å². The summed E-state index contributed by atoms with van der Waals surface area (Å²) in [4.78, 5) is 18.6. The zero-order valence-electron chi connectivity index (χ0n) is 15.9. The molecule has 0 aliphatic heterocycles. The first-order valence-corrected chi connectivity index (χ1v) is 9.61. The van der Waals surface area contributed by atoms with Gasteiger partial charge >= 0.3 is 0 Å². The Morgan fingerprint density at radius 1 is 0.667 bits per heavy atom. The summed E-state index contributed by atoms with van der Waals surface area (Å²) >= 11 is 0. The van der Waals surface area contributed by atoms with Gasteiger partial charge in [0.15, 0.2) is 0 Å². The first-order chi connectivity index (χ1) is 14.8. The molecule has 4 heterocycles. The summed E-state index contributed by atoms with van der Waals surface area (Å²) in [5.41, 5.74) is 12.2. The molecular formula is C24H16N6. The molecule has 0 atom stereocenters. The average Bonchev–Trinajstić information content (AvgIpc) is 3.21. The van der Waals surface area contributed by atoms with E-state index in [2.05, 4.69) is 31.7 Å². The van der Waals surface area contributed by atoms with Crippen LogP contribution in [0.2, 0.25) is 0 Å². The molecule has 30 heavy (non-hydrogen) atoms. The number of benzene rings is 2. The molecule has 0 aliphatic carbocycles. The van der Waals surface area contributed by atoms with Gasteiger partial charge in [-0.15, -0.1) is 0 Å². The second kappa shape index (κ2) is 6.35. The summed E-state index contributed by atoms with van der Waals surface area (Å²) in [7, 11) is 0. The van der Waals surface area contributed by atoms with Crippen LogP contribution < -0.4 is 5.73 Å². The summed E-state index contributed by atoms with van der Waals surface area (Å²) < 4.78 is 2.17. The van der Waals surface area contributed by atoms with Gasteiger partial charge in [0.1, 0.15) is 5.82 Å². The van der Waals surface area contributed by atoms with E-state index < -0.39 is 0 Å². The third-order valence-electron chi connectivity index (χ3n) is 5.32. The molecule has 6 heteroatoms. The van der Waals surface area contributed by atoms with Crippen molar-refractivity contribution in [2.45, 2.75) is 0 Å². The molecule has 0 unspecified atom stereocenters. The highest BCUT2D eigenvalue weighted by molar-refractivity contribution is 6.21. The first-order valence-electron chi connectivity index (χ1n) is 9.61. The highest BCUT2D eigenvalue weighted by Crippen LogP contribution is 2.37. The Bertz CT molecular complexity index is 1540. The topological polar surface area (TPSA) is 82.5 Å². The van der Waals surface area contributed by atoms with Gasteiger partial charge in [-0.2, -0.15) is 0 Å². The Kier molecular flexibility index (Phi) is 3.52. The van der Waals surface area contributed by atoms with Crippen molar-refractivity contribution in [3.63, 3.8) is 0 Å². The van der Waals surface area contributed by atoms with Gasteiger partial charge in [-0.3, -0.25) is 19.5 Å². The highest BCUT2D eigenvalue weighted by Gasteiger charge is 2.20. The lowest BCUT2D eigenvalue weighted by atomic mass is 10.1. The third-order valence-corrected chi connectivity index (χ3v) is 5.32. The van der Waals surface area contributed by atoms with E-state index in [0.717, 1.165) is 55.6 Å². The number of pyridine rings is 3. The maximum absolute atomic E-state index is 5.93. The van der Waals surface area contributed by atoms with E-state index >= 15 is 0 Å². The molecule has 6 nitrogen and oxygen atoms in total. The van der Waals surface area contributed by atoms with Crippen LogP contribution in [0.25, 0.3) is 49.9 Å². The second-order valence-electron chi connectivity index (χ2n) is 7.09. The van der Waals surface area contributed by atoms with E-state index in [-0.39, 0.29) is 0 Å². The van der Waals surface area contributed by atoms with Crippen LogP contribution in [0.4, 0.5) is 5.69 Å². The van der Waals surface area contributed by atoms with Gasteiger partial charge in [-0.25, -0.2) is 4.98 Å².